The van der Waals surface area contributed by atoms with Crippen molar-refractivity contribution in [2.75, 3.05) is 6.54 Å². The largest absolute Gasteiger partial charge is 0.354 e. The lowest BCUT2D eigenvalue weighted by molar-refractivity contribution is -0.122. The Morgan fingerprint density at radius 1 is 1.50 bits per heavy atom. The van der Waals surface area contributed by atoms with Crippen LogP contribution in [0.25, 0.3) is 0 Å². The molecule has 0 aliphatic heterocycles. The molecular weight excluding hydrogens is 266 g/mol. The van der Waals surface area contributed by atoms with Crippen LogP contribution >= 0.6 is 15.9 Å². The number of benzene rings is 1. The molecule has 0 saturated heterocycles. The molecule has 1 fully saturated rings. The highest BCUT2D eigenvalue weighted by Gasteiger charge is 2.38. The highest BCUT2D eigenvalue weighted by molar-refractivity contribution is 9.09. The van der Waals surface area contributed by atoms with E-state index in [1.807, 2.05) is 18.2 Å². The highest BCUT2D eigenvalue weighted by Crippen LogP contribution is 2.37. The summed E-state index contributed by atoms with van der Waals surface area (Å²) in [6.07, 6.45) is 1.05. The van der Waals surface area contributed by atoms with Gasteiger partial charge in [0.2, 0.25) is 5.91 Å². The van der Waals surface area contributed by atoms with Crippen molar-refractivity contribution in [3.05, 3.63) is 35.9 Å². The fourth-order valence-corrected chi connectivity index (χ4v) is 2.26. The SMILES string of the molecule is CC1CC1C(=O)NCC(Br)c1ccccc1. The molecule has 0 aromatic heterocycles. The number of alkyl halides is 1. The van der Waals surface area contributed by atoms with E-state index in [1.165, 1.54) is 5.56 Å². The lowest BCUT2D eigenvalue weighted by atomic mass is 10.1. The summed E-state index contributed by atoms with van der Waals surface area (Å²) in [6.45, 7) is 2.78. The molecule has 2 rings (SSSR count). The molecule has 1 aromatic carbocycles. The van der Waals surface area contributed by atoms with Crippen LogP contribution in [0.3, 0.4) is 0 Å². The van der Waals surface area contributed by atoms with Crippen LogP contribution in [0.1, 0.15) is 23.7 Å². The maximum Gasteiger partial charge on any atom is 0.223 e. The zero-order valence-corrected chi connectivity index (χ0v) is 10.9. The predicted octanol–water partition coefficient (Wildman–Crippen LogP) is 2.89. The first kappa shape index (κ1) is 11.6. The fourth-order valence-electron chi connectivity index (χ4n) is 1.79. The van der Waals surface area contributed by atoms with E-state index < -0.39 is 0 Å². The lowest BCUT2D eigenvalue weighted by Crippen LogP contribution is -2.28. The standard InChI is InChI=1S/C13H16BrNO/c1-9-7-11(9)13(16)15-8-12(14)10-5-3-2-4-6-10/h2-6,9,11-12H,7-8H2,1H3,(H,15,16). The second kappa shape index (κ2) is 5.00. The molecule has 0 radical (unpaired) electrons. The van der Waals surface area contributed by atoms with Crippen LogP contribution in [-0.2, 0) is 4.79 Å². The Morgan fingerprint density at radius 3 is 2.69 bits per heavy atom. The second-order valence-electron chi connectivity index (χ2n) is 4.44. The van der Waals surface area contributed by atoms with Crippen molar-refractivity contribution in [1.82, 2.24) is 5.32 Å². The molecule has 2 nitrogen and oxygen atoms in total. The summed E-state index contributed by atoms with van der Waals surface area (Å²) in [5, 5.41) is 2.99. The average molecular weight is 282 g/mol. The Hall–Kier alpha value is -0.830. The molecule has 0 bridgehead atoms. The van der Waals surface area contributed by atoms with Gasteiger partial charge in [0.25, 0.3) is 0 Å². The summed E-state index contributed by atoms with van der Waals surface area (Å²) in [6, 6.07) is 10.1. The Labute approximate surface area is 105 Å². The topological polar surface area (TPSA) is 29.1 Å². The zero-order valence-electron chi connectivity index (χ0n) is 9.32. The van der Waals surface area contributed by atoms with Crippen molar-refractivity contribution in [2.24, 2.45) is 11.8 Å². The van der Waals surface area contributed by atoms with Gasteiger partial charge < -0.3 is 5.32 Å². The number of hydrogen-bond acceptors (Lipinski definition) is 1. The van der Waals surface area contributed by atoms with E-state index in [4.69, 9.17) is 0 Å². The molecule has 1 aliphatic carbocycles. The molecular formula is C13H16BrNO. The van der Waals surface area contributed by atoms with E-state index in [-0.39, 0.29) is 16.7 Å². The molecule has 3 heteroatoms. The number of halogens is 1. The quantitative estimate of drug-likeness (QED) is 0.845. The molecule has 1 aliphatic rings. The normalized spacial score (nSPS) is 24.9. The van der Waals surface area contributed by atoms with E-state index in [2.05, 4.69) is 40.3 Å². The first-order valence-electron chi connectivity index (χ1n) is 5.65. The minimum atomic E-state index is 0.201. The first-order chi connectivity index (χ1) is 7.68. The number of carbonyl (C=O) groups excluding carboxylic acids is 1. The van der Waals surface area contributed by atoms with E-state index in [0.717, 1.165) is 6.42 Å². The molecule has 86 valence electrons. The Balaban J connectivity index is 1.80. The van der Waals surface area contributed by atoms with Gasteiger partial charge in [0, 0.05) is 12.5 Å². The maximum absolute atomic E-state index is 11.6. The predicted molar refractivity (Wildman–Crippen MR) is 68.4 cm³/mol. The van der Waals surface area contributed by atoms with E-state index in [0.29, 0.717) is 12.5 Å². The summed E-state index contributed by atoms with van der Waals surface area (Å²) < 4.78 is 0. The van der Waals surface area contributed by atoms with Crippen LogP contribution in [0.15, 0.2) is 30.3 Å². The summed E-state index contributed by atoms with van der Waals surface area (Å²) in [5.74, 6) is 1.04. The average Bonchev–Trinajstić information content (AvgIpc) is 3.04. The van der Waals surface area contributed by atoms with Gasteiger partial charge >= 0.3 is 0 Å². The van der Waals surface area contributed by atoms with Gasteiger partial charge in [-0.15, -0.1) is 0 Å². The molecule has 1 N–H and O–H groups in total. The van der Waals surface area contributed by atoms with Crippen molar-refractivity contribution in [1.29, 1.82) is 0 Å². The van der Waals surface area contributed by atoms with Gasteiger partial charge in [-0.05, 0) is 17.9 Å². The van der Waals surface area contributed by atoms with Crippen LogP contribution in [0.5, 0.6) is 0 Å². The van der Waals surface area contributed by atoms with Crippen LogP contribution in [0, 0.1) is 11.8 Å². The van der Waals surface area contributed by atoms with Crippen LogP contribution in [0.2, 0.25) is 0 Å². The van der Waals surface area contributed by atoms with Crippen molar-refractivity contribution < 1.29 is 4.79 Å². The zero-order chi connectivity index (χ0) is 11.5. The number of amides is 1. The maximum atomic E-state index is 11.6. The fraction of sp³-hybridized carbons (Fsp3) is 0.462. The van der Waals surface area contributed by atoms with Gasteiger partial charge in [-0.1, -0.05) is 53.2 Å². The van der Waals surface area contributed by atoms with Crippen molar-refractivity contribution >= 4 is 21.8 Å². The third-order valence-corrected chi connectivity index (χ3v) is 3.92. The number of nitrogens with one attached hydrogen (secondary N) is 1. The summed E-state index contributed by atoms with van der Waals surface area (Å²) in [7, 11) is 0. The van der Waals surface area contributed by atoms with Gasteiger partial charge in [-0.25, -0.2) is 0 Å². The molecule has 0 spiro atoms. The minimum absolute atomic E-state index is 0.201. The molecule has 1 saturated carbocycles. The van der Waals surface area contributed by atoms with Crippen LogP contribution < -0.4 is 5.32 Å². The molecule has 16 heavy (non-hydrogen) atoms. The Morgan fingerprint density at radius 2 is 2.12 bits per heavy atom. The van der Waals surface area contributed by atoms with E-state index in [1.54, 1.807) is 0 Å². The highest BCUT2D eigenvalue weighted by atomic mass is 79.9. The summed E-state index contributed by atoms with van der Waals surface area (Å²) in [5.41, 5.74) is 1.20. The van der Waals surface area contributed by atoms with Gasteiger partial charge in [0.15, 0.2) is 0 Å². The lowest BCUT2D eigenvalue weighted by Gasteiger charge is -2.11. The Kier molecular flexibility index (Phi) is 3.64. The third-order valence-electron chi connectivity index (χ3n) is 3.06. The molecule has 0 heterocycles. The van der Waals surface area contributed by atoms with Gasteiger partial charge in [-0.3, -0.25) is 4.79 Å². The van der Waals surface area contributed by atoms with Crippen LogP contribution in [-0.4, -0.2) is 12.5 Å². The van der Waals surface area contributed by atoms with Gasteiger partial charge in [0.05, 0.1) is 4.83 Å². The first-order valence-corrected chi connectivity index (χ1v) is 6.57. The van der Waals surface area contributed by atoms with E-state index >= 15 is 0 Å². The number of rotatable bonds is 4. The minimum Gasteiger partial charge on any atom is -0.354 e. The van der Waals surface area contributed by atoms with Crippen molar-refractivity contribution in [3.8, 4) is 0 Å². The van der Waals surface area contributed by atoms with Crippen molar-refractivity contribution in [3.63, 3.8) is 0 Å². The van der Waals surface area contributed by atoms with E-state index in [9.17, 15) is 4.79 Å². The smallest absolute Gasteiger partial charge is 0.223 e. The molecule has 3 atom stereocenters. The van der Waals surface area contributed by atoms with Gasteiger partial charge in [0.1, 0.15) is 0 Å². The number of hydrogen-bond donors (Lipinski definition) is 1. The Bertz CT molecular complexity index is 365. The summed E-state index contributed by atoms with van der Waals surface area (Å²) >= 11 is 3.58. The summed E-state index contributed by atoms with van der Waals surface area (Å²) in [4.78, 5) is 11.8. The van der Waals surface area contributed by atoms with Crippen LogP contribution in [0.4, 0.5) is 0 Å². The third kappa shape index (κ3) is 2.85. The second-order valence-corrected chi connectivity index (χ2v) is 5.55. The van der Waals surface area contributed by atoms with Gasteiger partial charge in [-0.2, -0.15) is 0 Å². The molecule has 1 aromatic rings. The number of carbonyl (C=O) groups is 1. The molecule has 3 unspecified atom stereocenters. The van der Waals surface area contributed by atoms with Crippen molar-refractivity contribution in [2.45, 2.75) is 18.2 Å². The molecule has 1 amide bonds. The monoisotopic (exact) mass is 281 g/mol.